The van der Waals surface area contributed by atoms with Crippen LogP contribution in [0.5, 0.6) is 0 Å². The summed E-state index contributed by atoms with van der Waals surface area (Å²) >= 11 is 0. The van der Waals surface area contributed by atoms with E-state index in [0.29, 0.717) is 12.1 Å². The molecule has 4 nitrogen and oxygen atoms in total. The number of hydrogen-bond acceptors (Lipinski definition) is 3. The quantitative estimate of drug-likeness (QED) is 0.596. The van der Waals surface area contributed by atoms with Gasteiger partial charge in [0.2, 0.25) is 0 Å². The molecule has 1 aromatic heterocycles. The number of nitrogens with zero attached hydrogens (tertiary/aromatic N) is 2. The smallest absolute Gasteiger partial charge is 0.254 e. The molecule has 29 heavy (non-hydrogen) atoms. The Hall–Kier alpha value is -3.11. The SMILES string of the molecule is CN(C)Cc1cc2c(o1)CN(C(=O)c1ccc(C=Cc3ccccc3)cc1)CC2. The van der Waals surface area contributed by atoms with E-state index < -0.39 is 0 Å². The summed E-state index contributed by atoms with van der Waals surface area (Å²) < 4.78 is 5.98. The fourth-order valence-electron chi connectivity index (χ4n) is 3.62. The Morgan fingerprint density at radius 2 is 1.72 bits per heavy atom. The van der Waals surface area contributed by atoms with E-state index in [1.165, 1.54) is 5.56 Å². The van der Waals surface area contributed by atoms with Crippen LogP contribution in [0.4, 0.5) is 0 Å². The van der Waals surface area contributed by atoms with Gasteiger partial charge in [0.15, 0.2) is 0 Å². The van der Waals surface area contributed by atoms with E-state index >= 15 is 0 Å². The van der Waals surface area contributed by atoms with E-state index in [1.807, 2.05) is 61.5 Å². The number of benzene rings is 2. The van der Waals surface area contributed by atoms with Gasteiger partial charge in [-0.15, -0.1) is 0 Å². The molecule has 0 bridgehead atoms. The third-order valence-electron chi connectivity index (χ3n) is 5.12. The first-order valence-corrected chi connectivity index (χ1v) is 9.96. The minimum atomic E-state index is 0.0554. The highest BCUT2D eigenvalue weighted by atomic mass is 16.3. The maximum atomic E-state index is 12.9. The average molecular weight is 386 g/mol. The predicted molar refractivity (Wildman–Crippen MR) is 116 cm³/mol. The standard InChI is InChI=1S/C25H26N2O2/c1-26(2)17-23-16-22-14-15-27(18-24(22)29-23)25(28)21-12-10-20(11-13-21)9-8-19-6-4-3-5-7-19/h3-13,16H,14-15,17-18H2,1-2H3. The highest BCUT2D eigenvalue weighted by Crippen LogP contribution is 2.25. The molecule has 1 aliphatic rings. The van der Waals surface area contributed by atoms with Crippen LogP contribution >= 0.6 is 0 Å². The fraction of sp³-hybridized carbons (Fsp3) is 0.240. The zero-order chi connectivity index (χ0) is 20.2. The summed E-state index contributed by atoms with van der Waals surface area (Å²) in [6, 6.07) is 20.1. The second-order valence-corrected chi connectivity index (χ2v) is 7.74. The molecule has 0 aliphatic carbocycles. The molecule has 4 heteroatoms. The Labute approximate surface area is 172 Å². The summed E-state index contributed by atoms with van der Waals surface area (Å²) in [6.07, 6.45) is 4.98. The molecule has 0 N–H and O–H groups in total. The van der Waals surface area contributed by atoms with Crippen molar-refractivity contribution < 1.29 is 9.21 Å². The lowest BCUT2D eigenvalue weighted by atomic mass is 10.1. The highest BCUT2D eigenvalue weighted by Gasteiger charge is 2.25. The van der Waals surface area contributed by atoms with E-state index in [-0.39, 0.29) is 5.91 Å². The number of furan rings is 1. The third-order valence-corrected chi connectivity index (χ3v) is 5.12. The maximum absolute atomic E-state index is 12.9. The lowest BCUT2D eigenvalue weighted by Gasteiger charge is -2.26. The predicted octanol–water partition coefficient (Wildman–Crippen LogP) is 4.71. The van der Waals surface area contributed by atoms with Crippen molar-refractivity contribution in [1.82, 2.24) is 9.80 Å². The van der Waals surface area contributed by atoms with Gasteiger partial charge in [0.05, 0.1) is 13.1 Å². The first kappa shape index (κ1) is 19.2. The van der Waals surface area contributed by atoms with Crippen LogP contribution in [-0.2, 0) is 19.5 Å². The molecule has 0 radical (unpaired) electrons. The van der Waals surface area contributed by atoms with Crippen LogP contribution in [0.15, 0.2) is 65.1 Å². The lowest BCUT2D eigenvalue weighted by molar-refractivity contribution is 0.0718. The summed E-state index contributed by atoms with van der Waals surface area (Å²) in [5.41, 5.74) is 4.17. The number of carbonyl (C=O) groups is 1. The molecule has 3 aromatic rings. The molecule has 0 saturated carbocycles. The van der Waals surface area contributed by atoms with Crippen LogP contribution < -0.4 is 0 Å². The van der Waals surface area contributed by atoms with E-state index in [2.05, 4.69) is 35.3 Å². The Morgan fingerprint density at radius 1 is 1.03 bits per heavy atom. The molecule has 4 rings (SSSR count). The number of amides is 1. The Balaban J connectivity index is 1.42. The molecule has 1 aliphatic heterocycles. The highest BCUT2D eigenvalue weighted by molar-refractivity contribution is 5.94. The number of rotatable bonds is 5. The molecule has 0 spiro atoms. The van der Waals surface area contributed by atoms with Crippen molar-refractivity contribution in [2.24, 2.45) is 0 Å². The molecular weight excluding hydrogens is 360 g/mol. The molecule has 2 heterocycles. The van der Waals surface area contributed by atoms with Gasteiger partial charge in [-0.05, 0) is 55.4 Å². The third kappa shape index (κ3) is 4.66. The van der Waals surface area contributed by atoms with E-state index in [9.17, 15) is 4.79 Å². The van der Waals surface area contributed by atoms with Crippen LogP contribution in [0.2, 0.25) is 0 Å². The first-order valence-electron chi connectivity index (χ1n) is 9.96. The number of carbonyl (C=O) groups excluding carboxylic acids is 1. The lowest BCUT2D eigenvalue weighted by Crippen LogP contribution is -2.35. The van der Waals surface area contributed by atoms with Gasteiger partial charge in [0.1, 0.15) is 11.5 Å². The summed E-state index contributed by atoms with van der Waals surface area (Å²) in [6.45, 7) is 2.04. The minimum absolute atomic E-state index is 0.0554. The van der Waals surface area contributed by atoms with Crippen LogP contribution in [0, 0.1) is 0 Å². The van der Waals surface area contributed by atoms with Crippen molar-refractivity contribution in [2.75, 3.05) is 20.6 Å². The summed E-state index contributed by atoms with van der Waals surface area (Å²) in [7, 11) is 4.05. The molecule has 1 amide bonds. The van der Waals surface area contributed by atoms with Crippen molar-refractivity contribution in [3.8, 4) is 0 Å². The summed E-state index contributed by atoms with van der Waals surface area (Å²) in [4.78, 5) is 16.9. The van der Waals surface area contributed by atoms with Crippen LogP contribution in [-0.4, -0.2) is 36.3 Å². The summed E-state index contributed by atoms with van der Waals surface area (Å²) in [5.74, 6) is 1.94. The molecule has 0 fully saturated rings. The van der Waals surface area contributed by atoms with Gasteiger partial charge in [0, 0.05) is 12.1 Å². The Bertz CT molecular complexity index is 1000. The van der Waals surface area contributed by atoms with Crippen LogP contribution in [0.3, 0.4) is 0 Å². The molecule has 0 unspecified atom stereocenters. The average Bonchev–Trinajstić information content (AvgIpc) is 3.13. The van der Waals surface area contributed by atoms with Gasteiger partial charge in [-0.2, -0.15) is 0 Å². The molecular formula is C25H26N2O2. The molecule has 0 atom stereocenters. The van der Waals surface area contributed by atoms with E-state index in [1.54, 1.807) is 0 Å². The number of fused-ring (bicyclic) bond motifs is 1. The van der Waals surface area contributed by atoms with Crippen molar-refractivity contribution in [3.05, 3.63) is 94.4 Å². The van der Waals surface area contributed by atoms with E-state index in [0.717, 1.165) is 42.2 Å². The van der Waals surface area contributed by atoms with Crippen molar-refractivity contribution >= 4 is 18.1 Å². The summed E-state index contributed by atoms with van der Waals surface area (Å²) in [5, 5.41) is 0. The Morgan fingerprint density at radius 3 is 2.41 bits per heavy atom. The van der Waals surface area contributed by atoms with Gasteiger partial charge in [-0.25, -0.2) is 0 Å². The maximum Gasteiger partial charge on any atom is 0.254 e. The number of hydrogen-bond donors (Lipinski definition) is 0. The normalized spacial score (nSPS) is 13.8. The van der Waals surface area contributed by atoms with Gasteiger partial charge >= 0.3 is 0 Å². The zero-order valence-electron chi connectivity index (χ0n) is 17.0. The largest absolute Gasteiger partial charge is 0.463 e. The second kappa shape index (κ2) is 8.50. The minimum Gasteiger partial charge on any atom is -0.463 e. The van der Waals surface area contributed by atoms with Gasteiger partial charge in [0.25, 0.3) is 5.91 Å². The van der Waals surface area contributed by atoms with E-state index in [4.69, 9.17) is 4.42 Å². The first-order chi connectivity index (χ1) is 14.1. The zero-order valence-corrected chi connectivity index (χ0v) is 17.0. The molecule has 148 valence electrons. The van der Waals surface area contributed by atoms with Gasteiger partial charge in [-0.3, -0.25) is 4.79 Å². The van der Waals surface area contributed by atoms with Crippen molar-refractivity contribution in [2.45, 2.75) is 19.5 Å². The fourth-order valence-corrected chi connectivity index (χ4v) is 3.62. The second-order valence-electron chi connectivity index (χ2n) is 7.74. The van der Waals surface area contributed by atoms with Crippen LogP contribution in [0.25, 0.3) is 12.2 Å². The van der Waals surface area contributed by atoms with Crippen molar-refractivity contribution in [3.63, 3.8) is 0 Å². The molecule has 2 aromatic carbocycles. The Kier molecular flexibility index (Phi) is 5.63. The van der Waals surface area contributed by atoms with Gasteiger partial charge in [-0.1, -0.05) is 54.6 Å². The van der Waals surface area contributed by atoms with Crippen molar-refractivity contribution in [1.29, 1.82) is 0 Å². The monoisotopic (exact) mass is 386 g/mol. The van der Waals surface area contributed by atoms with Crippen LogP contribution in [0.1, 0.15) is 38.6 Å². The topological polar surface area (TPSA) is 36.7 Å². The van der Waals surface area contributed by atoms with Gasteiger partial charge < -0.3 is 14.2 Å². The molecule has 0 saturated heterocycles.